The van der Waals surface area contributed by atoms with Gasteiger partial charge in [0.05, 0.1) is 0 Å². The van der Waals surface area contributed by atoms with E-state index in [1.807, 2.05) is 13.0 Å². The lowest BCUT2D eigenvalue weighted by molar-refractivity contribution is 0.361. The molecule has 0 bridgehead atoms. The normalized spacial score (nSPS) is 19.3. The zero-order chi connectivity index (χ0) is 10.9. The minimum absolute atomic E-state index is 0.460. The highest BCUT2D eigenvalue weighted by Gasteiger charge is 2.26. The maximum atomic E-state index is 12.1. The zero-order valence-corrected chi connectivity index (χ0v) is 10.2. The van der Waals surface area contributed by atoms with E-state index < -0.39 is 10.0 Å². The molecule has 4 nitrogen and oxygen atoms in total. The van der Waals surface area contributed by atoms with Crippen LogP contribution in [0, 0.1) is 6.92 Å². The topological polar surface area (TPSA) is 49.4 Å². The van der Waals surface area contributed by atoms with Gasteiger partial charge in [0.2, 0.25) is 0 Å². The van der Waals surface area contributed by atoms with Crippen molar-refractivity contribution >= 4 is 21.4 Å². The van der Waals surface area contributed by atoms with Gasteiger partial charge in [0.25, 0.3) is 10.0 Å². The van der Waals surface area contributed by atoms with Gasteiger partial charge in [-0.2, -0.15) is 4.31 Å². The molecule has 84 valence electrons. The van der Waals surface area contributed by atoms with E-state index in [4.69, 9.17) is 0 Å². The van der Waals surface area contributed by atoms with Crippen molar-refractivity contribution in [2.75, 3.05) is 26.2 Å². The number of nitrogens with zero attached hydrogens (tertiary/aromatic N) is 1. The number of piperazine rings is 1. The SMILES string of the molecule is Cc1ccc(S(=O)(=O)N2CCNCC2)s1. The molecule has 0 aliphatic carbocycles. The average Bonchev–Trinajstić information content (AvgIpc) is 2.67. The Kier molecular flexibility index (Phi) is 3.11. The highest BCUT2D eigenvalue weighted by atomic mass is 32.2. The minimum Gasteiger partial charge on any atom is -0.314 e. The Bertz CT molecular complexity index is 433. The second-order valence-corrected chi connectivity index (χ2v) is 6.97. The monoisotopic (exact) mass is 246 g/mol. The quantitative estimate of drug-likeness (QED) is 0.833. The second kappa shape index (κ2) is 4.21. The number of thiophene rings is 1. The predicted octanol–water partition coefficient (Wildman–Crippen LogP) is 0.650. The van der Waals surface area contributed by atoms with Crippen LogP contribution in [-0.2, 0) is 10.0 Å². The Balaban J connectivity index is 2.26. The molecule has 2 rings (SSSR count). The van der Waals surface area contributed by atoms with Crippen LogP contribution in [0.25, 0.3) is 0 Å². The van der Waals surface area contributed by atoms with E-state index in [1.165, 1.54) is 11.3 Å². The molecule has 0 radical (unpaired) electrons. The molecule has 2 heterocycles. The summed E-state index contributed by atoms with van der Waals surface area (Å²) >= 11 is 1.34. The highest BCUT2D eigenvalue weighted by molar-refractivity contribution is 7.91. The largest absolute Gasteiger partial charge is 0.314 e. The van der Waals surface area contributed by atoms with Crippen LogP contribution in [0.5, 0.6) is 0 Å². The standard InChI is InChI=1S/C9H14N2O2S2/c1-8-2-3-9(14-8)15(12,13)11-6-4-10-5-7-11/h2-3,10H,4-7H2,1H3. The maximum absolute atomic E-state index is 12.1. The molecule has 1 saturated heterocycles. The van der Waals surface area contributed by atoms with Crippen molar-refractivity contribution in [3.63, 3.8) is 0 Å². The molecule has 1 aliphatic rings. The Labute approximate surface area is 94.0 Å². The molecular weight excluding hydrogens is 232 g/mol. The van der Waals surface area contributed by atoms with Crippen molar-refractivity contribution in [2.24, 2.45) is 0 Å². The number of aryl methyl sites for hydroxylation is 1. The third kappa shape index (κ3) is 2.23. The third-order valence-electron chi connectivity index (χ3n) is 2.39. The van der Waals surface area contributed by atoms with Crippen LogP contribution in [0.2, 0.25) is 0 Å². The molecule has 1 aromatic rings. The van der Waals surface area contributed by atoms with Crippen LogP contribution in [0.15, 0.2) is 16.3 Å². The van der Waals surface area contributed by atoms with Crippen molar-refractivity contribution in [3.8, 4) is 0 Å². The molecule has 0 saturated carbocycles. The van der Waals surface area contributed by atoms with E-state index >= 15 is 0 Å². The highest BCUT2D eigenvalue weighted by Crippen LogP contribution is 2.24. The van der Waals surface area contributed by atoms with Crippen LogP contribution in [-0.4, -0.2) is 38.9 Å². The lowest BCUT2D eigenvalue weighted by atomic mass is 10.4. The minimum atomic E-state index is -3.23. The van der Waals surface area contributed by atoms with Crippen LogP contribution in [0.1, 0.15) is 4.88 Å². The fraction of sp³-hybridized carbons (Fsp3) is 0.556. The molecule has 1 N–H and O–H groups in total. The molecular formula is C9H14N2O2S2. The van der Waals surface area contributed by atoms with Crippen LogP contribution in [0.3, 0.4) is 0 Å². The smallest absolute Gasteiger partial charge is 0.252 e. The van der Waals surface area contributed by atoms with Gasteiger partial charge in [0.15, 0.2) is 0 Å². The van der Waals surface area contributed by atoms with Gasteiger partial charge in [0, 0.05) is 31.1 Å². The molecule has 0 atom stereocenters. The van der Waals surface area contributed by atoms with Gasteiger partial charge in [-0.25, -0.2) is 8.42 Å². The van der Waals surface area contributed by atoms with E-state index in [9.17, 15) is 8.42 Å². The number of nitrogens with one attached hydrogen (secondary N) is 1. The molecule has 0 amide bonds. The fourth-order valence-corrected chi connectivity index (χ4v) is 4.44. The van der Waals surface area contributed by atoms with E-state index in [1.54, 1.807) is 10.4 Å². The first kappa shape index (κ1) is 11.1. The molecule has 1 aromatic heterocycles. The van der Waals surface area contributed by atoms with Crippen molar-refractivity contribution in [1.82, 2.24) is 9.62 Å². The lowest BCUT2D eigenvalue weighted by Crippen LogP contribution is -2.46. The zero-order valence-electron chi connectivity index (χ0n) is 8.56. The van der Waals surface area contributed by atoms with Gasteiger partial charge >= 0.3 is 0 Å². The first-order valence-electron chi connectivity index (χ1n) is 4.88. The molecule has 15 heavy (non-hydrogen) atoms. The molecule has 0 unspecified atom stereocenters. The molecule has 6 heteroatoms. The van der Waals surface area contributed by atoms with E-state index in [0.717, 1.165) is 18.0 Å². The number of hydrogen-bond acceptors (Lipinski definition) is 4. The summed E-state index contributed by atoms with van der Waals surface area (Å²) in [6.07, 6.45) is 0. The van der Waals surface area contributed by atoms with E-state index in [0.29, 0.717) is 17.3 Å². The van der Waals surface area contributed by atoms with Crippen molar-refractivity contribution in [1.29, 1.82) is 0 Å². The number of sulfonamides is 1. The van der Waals surface area contributed by atoms with Crippen molar-refractivity contribution in [2.45, 2.75) is 11.1 Å². The van der Waals surface area contributed by atoms with E-state index in [2.05, 4.69) is 5.32 Å². The van der Waals surface area contributed by atoms with Crippen LogP contribution in [0.4, 0.5) is 0 Å². The summed E-state index contributed by atoms with van der Waals surface area (Å²) < 4.78 is 26.2. The maximum Gasteiger partial charge on any atom is 0.252 e. The summed E-state index contributed by atoms with van der Waals surface area (Å²) in [6, 6.07) is 3.54. The fourth-order valence-electron chi connectivity index (χ4n) is 1.56. The predicted molar refractivity (Wildman–Crippen MR) is 60.7 cm³/mol. The number of hydrogen-bond donors (Lipinski definition) is 1. The summed E-state index contributed by atoms with van der Waals surface area (Å²) in [5, 5.41) is 3.14. The molecule has 1 aliphatic heterocycles. The van der Waals surface area contributed by atoms with Gasteiger partial charge in [-0.15, -0.1) is 11.3 Å². The first-order chi connectivity index (χ1) is 7.10. The van der Waals surface area contributed by atoms with Crippen molar-refractivity contribution < 1.29 is 8.42 Å². The Hall–Kier alpha value is -0.430. The van der Waals surface area contributed by atoms with Gasteiger partial charge in [-0.1, -0.05) is 0 Å². The Morgan fingerprint density at radius 3 is 2.53 bits per heavy atom. The van der Waals surface area contributed by atoms with Gasteiger partial charge in [-0.3, -0.25) is 0 Å². The van der Waals surface area contributed by atoms with E-state index in [-0.39, 0.29) is 0 Å². The Morgan fingerprint density at radius 1 is 1.33 bits per heavy atom. The molecule has 0 spiro atoms. The van der Waals surface area contributed by atoms with Crippen molar-refractivity contribution in [3.05, 3.63) is 17.0 Å². The van der Waals surface area contributed by atoms with Crippen LogP contribution >= 0.6 is 11.3 Å². The lowest BCUT2D eigenvalue weighted by Gasteiger charge is -2.25. The molecule has 1 fully saturated rings. The average molecular weight is 246 g/mol. The molecule has 0 aromatic carbocycles. The third-order valence-corrected chi connectivity index (χ3v) is 5.75. The summed E-state index contributed by atoms with van der Waals surface area (Å²) in [7, 11) is -3.23. The summed E-state index contributed by atoms with van der Waals surface area (Å²) in [6.45, 7) is 4.53. The van der Waals surface area contributed by atoms with Crippen LogP contribution < -0.4 is 5.32 Å². The number of rotatable bonds is 2. The second-order valence-electron chi connectivity index (χ2n) is 3.52. The van der Waals surface area contributed by atoms with Gasteiger partial charge in [-0.05, 0) is 19.1 Å². The Morgan fingerprint density at radius 2 is 2.00 bits per heavy atom. The van der Waals surface area contributed by atoms with Gasteiger partial charge in [0.1, 0.15) is 4.21 Å². The first-order valence-corrected chi connectivity index (χ1v) is 7.14. The summed E-state index contributed by atoms with van der Waals surface area (Å²) in [4.78, 5) is 1.03. The van der Waals surface area contributed by atoms with Gasteiger partial charge < -0.3 is 5.32 Å². The summed E-state index contributed by atoms with van der Waals surface area (Å²) in [5.74, 6) is 0. The summed E-state index contributed by atoms with van der Waals surface area (Å²) in [5.41, 5.74) is 0.